The van der Waals surface area contributed by atoms with E-state index in [0.29, 0.717) is 11.1 Å². The Hall–Kier alpha value is -3.59. The monoisotopic (exact) mass is 457 g/mol. The zero-order chi connectivity index (χ0) is 24.8. The lowest BCUT2D eigenvalue weighted by atomic mass is 10.1. The highest BCUT2D eigenvalue weighted by Gasteiger charge is 2.32. The lowest BCUT2D eigenvalue weighted by Crippen LogP contribution is -2.58. The Balaban J connectivity index is 2.29. The summed E-state index contributed by atoms with van der Waals surface area (Å²) in [5, 5.41) is 23.7. The van der Waals surface area contributed by atoms with E-state index in [0.717, 1.165) is 5.01 Å². The average molecular weight is 458 g/mol. The molecular formula is C24H31N3O6. The number of hydrogen-bond acceptors (Lipinski definition) is 6. The van der Waals surface area contributed by atoms with Gasteiger partial charge in [0.25, 0.3) is 11.8 Å². The highest BCUT2D eigenvalue weighted by atomic mass is 16.6. The first-order valence-electron chi connectivity index (χ1n) is 10.5. The Morgan fingerprint density at radius 3 is 2.27 bits per heavy atom. The van der Waals surface area contributed by atoms with Crippen LogP contribution >= 0.6 is 0 Å². The van der Waals surface area contributed by atoms with Gasteiger partial charge in [-0.25, -0.2) is 15.2 Å². The van der Waals surface area contributed by atoms with E-state index < -0.39 is 35.7 Å². The van der Waals surface area contributed by atoms with Crippen LogP contribution in [0.25, 0.3) is 0 Å². The number of rotatable bonds is 6. The van der Waals surface area contributed by atoms with Crippen LogP contribution in [0.4, 0.5) is 4.79 Å². The highest BCUT2D eigenvalue weighted by molar-refractivity contribution is 5.99. The molecule has 9 nitrogen and oxygen atoms in total. The molecule has 0 unspecified atom stereocenters. The van der Waals surface area contributed by atoms with Gasteiger partial charge >= 0.3 is 6.09 Å². The van der Waals surface area contributed by atoms with Crippen LogP contribution in [0.1, 0.15) is 49.2 Å². The van der Waals surface area contributed by atoms with E-state index in [4.69, 9.17) is 4.74 Å². The van der Waals surface area contributed by atoms with E-state index in [1.54, 1.807) is 52.0 Å². The average Bonchev–Trinajstić information content (AvgIpc) is 2.72. The lowest BCUT2D eigenvalue weighted by molar-refractivity contribution is -0.139. The minimum Gasteiger partial charge on any atom is -0.508 e. The molecule has 2 aromatic rings. The van der Waals surface area contributed by atoms with Crippen LogP contribution in [-0.4, -0.2) is 50.9 Å². The van der Waals surface area contributed by atoms with Gasteiger partial charge in [-0.05, 0) is 52.3 Å². The summed E-state index contributed by atoms with van der Waals surface area (Å²) >= 11 is 0. The van der Waals surface area contributed by atoms with E-state index in [1.165, 1.54) is 25.1 Å². The molecule has 0 aromatic heterocycles. The van der Waals surface area contributed by atoms with Crippen molar-refractivity contribution in [2.45, 2.75) is 58.9 Å². The summed E-state index contributed by atoms with van der Waals surface area (Å²) in [7, 11) is 0. The summed E-state index contributed by atoms with van der Waals surface area (Å²) in [6.45, 7) is 7.95. The van der Waals surface area contributed by atoms with Crippen LogP contribution in [-0.2, 0) is 16.1 Å². The summed E-state index contributed by atoms with van der Waals surface area (Å²) in [5.41, 5.74) is 2.81. The van der Waals surface area contributed by atoms with Gasteiger partial charge < -0.3 is 20.3 Å². The highest BCUT2D eigenvalue weighted by Crippen LogP contribution is 2.20. The maximum atomic E-state index is 13.3. The van der Waals surface area contributed by atoms with E-state index in [1.807, 2.05) is 6.07 Å². The molecule has 0 radical (unpaired) electrons. The number of aromatic hydroxyl groups is 1. The summed E-state index contributed by atoms with van der Waals surface area (Å²) in [4.78, 5) is 38.5. The molecule has 0 fully saturated rings. The largest absolute Gasteiger partial charge is 0.508 e. The molecule has 0 aliphatic heterocycles. The van der Waals surface area contributed by atoms with Gasteiger partial charge in [-0.15, -0.1) is 0 Å². The number of amides is 3. The smallest absolute Gasteiger partial charge is 0.426 e. The molecular weight excluding hydrogens is 426 g/mol. The zero-order valence-electron chi connectivity index (χ0n) is 19.5. The molecule has 0 aliphatic carbocycles. The lowest BCUT2D eigenvalue weighted by Gasteiger charge is -2.30. The van der Waals surface area contributed by atoms with Crippen LogP contribution in [0.3, 0.4) is 0 Å². The molecule has 2 atom stereocenters. The third-order valence-electron chi connectivity index (χ3n) is 4.66. The molecule has 0 bridgehead atoms. The SMILES string of the molecule is Cc1c(O)cccc1C(=O)N[C@H](C(=O)N(Cc1ccccc1)NC(=O)OC(C)(C)C)[C@@H](C)O. The van der Waals surface area contributed by atoms with E-state index >= 15 is 0 Å². The molecule has 2 rings (SSSR count). The van der Waals surface area contributed by atoms with Crippen molar-refractivity contribution in [2.24, 2.45) is 0 Å². The number of carbonyl (C=O) groups excluding carboxylic acids is 3. The third-order valence-corrected chi connectivity index (χ3v) is 4.66. The molecule has 0 saturated heterocycles. The Labute approximate surface area is 193 Å². The predicted octanol–water partition coefficient (Wildman–Crippen LogP) is 2.65. The quantitative estimate of drug-likeness (QED) is 0.494. The van der Waals surface area contributed by atoms with Gasteiger partial charge in [-0.3, -0.25) is 9.59 Å². The maximum absolute atomic E-state index is 13.3. The number of ether oxygens (including phenoxy) is 1. The number of phenolic OH excluding ortho intramolecular Hbond substituents is 1. The molecule has 3 amide bonds. The van der Waals surface area contributed by atoms with Crippen LogP contribution < -0.4 is 10.7 Å². The summed E-state index contributed by atoms with van der Waals surface area (Å²) in [5.74, 6) is -1.47. The Morgan fingerprint density at radius 2 is 1.70 bits per heavy atom. The second-order valence-corrected chi connectivity index (χ2v) is 8.67. The number of benzene rings is 2. The first kappa shape index (κ1) is 25.7. The maximum Gasteiger partial charge on any atom is 0.426 e. The molecule has 9 heteroatoms. The molecule has 178 valence electrons. The molecule has 33 heavy (non-hydrogen) atoms. The van der Waals surface area contributed by atoms with Gasteiger partial charge in [0.2, 0.25) is 0 Å². The fourth-order valence-electron chi connectivity index (χ4n) is 2.99. The number of hydrazine groups is 1. The minimum atomic E-state index is -1.38. The topological polar surface area (TPSA) is 128 Å². The van der Waals surface area contributed by atoms with Gasteiger partial charge in [0.15, 0.2) is 0 Å². The second-order valence-electron chi connectivity index (χ2n) is 8.67. The van der Waals surface area contributed by atoms with Crippen molar-refractivity contribution in [1.29, 1.82) is 0 Å². The number of phenols is 1. The van der Waals surface area contributed by atoms with Gasteiger partial charge in [0.05, 0.1) is 12.6 Å². The number of nitrogens with one attached hydrogen (secondary N) is 2. The van der Waals surface area contributed by atoms with Crippen molar-refractivity contribution in [3.8, 4) is 5.75 Å². The Kier molecular flexibility index (Phi) is 8.42. The normalized spacial score (nSPS) is 12.9. The number of nitrogens with zero attached hydrogens (tertiary/aromatic N) is 1. The van der Waals surface area contributed by atoms with Crippen molar-refractivity contribution < 1.29 is 29.3 Å². The fraction of sp³-hybridized carbons (Fsp3) is 0.375. The Morgan fingerprint density at radius 1 is 1.06 bits per heavy atom. The Bertz CT molecular complexity index is 985. The van der Waals surface area contributed by atoms with Gasteiger partial charge in [-0.1, -0.05) is 36.4 Å². The second kappa shape index (κ2) is 10.8. The minimum absolute atomic E-state index is 0.0246. The van der Waals surface area contributed by atoms with Crippen LogP contribution in [0.5, 0.6) is 5.75 Å². The molecule has 4 N–H and O–H groups in total. The van der Waals surface area contributed by atoms with Crippen molar-refractivity contribution >= 4 is 17.9 Å². The predicted molar refractivity (Wildman–Crippen MR) is 122 cm³/mol. The van der Waals surface area contributed by atoms with Crippen molar-refractivity contribution in [2.75, 3.05) is 0 Å². The van der Waals surface area contributed by atoms with Crippen molar-refractivity contribution in [1.82, 2.24) is 15.8 Å². The first-order chi connectivity index (χ1) is 15.4. The molecule has 0 heterocycles. The van der Waals surface area contributed by atoms with Crippen molar-refractivity contribution in [3.05, 3.63) is 65.2 Å². The molecule has 0 spiro atoms. The van der Waals surface area contributed by atoms with E-state index in [9.17, 15) is 24.6 Å². The number of aliphatic hydroxyl groups is 1. The third kappa shape index (κ3) is 7.50. The number of carbonyl (C=O) groups is 3. The first-order valence-corrected chi connectivity index (χ1v) is 10.5. The zero-order valence-corrected chi connectivity index (χ0v) is 19.5. The van der Waals surface area contributed by atoms with Crippen molar-refractivity contribution in [3.63, 3.8) is 0 Å². The number of aliphatic hydroxyl groups excluding tert-OH is 1. The molecule has 2 aromatic carbocycles. The summed E-state index contributed by atoms with van der Waals surface area (Å²) in [6.07, 6.45) is -2.14. The summed E-state index contributed by atoms with van der Waals surface area (Å²) < 4.78 is 5.25. The summed E-state index contributed by atoms with van der Waals surface area (Å²) in [6, 6.07) is 12.0. The standard InChI is InChI=1S/C24H31N3O6/c1-15-18(12-9-13-19(15)29)21(30)25-20(16(2)28)22(31)27(14-17-10-7-6-8-11-17)26-23(32)33-24(3,4)5/h6-13,16,20,28-29H,14H2,1-5H3,(H,25,30)(H,26,32)/t16-,20+/m1/s1. The van der Waals surface area contributed by atoms with Gasteiger partial charge in [0, 0.05) is 11.1 Å². The van der Waals surface area contributed by atoms with E-state index in [-0.39, 0.29) is 17.9 Å². The van der Waals surface area contributed by atoms with Crippen LogP contribution in [0.15, 0.2) is 48.5 Å². The van der Waals surface area contributed by atoms with Gasteiger partial charge in [0.1, 0.15) is 17.4 Å². The van der Waals surface area contributed by atoms with E-state index in [2.05, 4.69) is 10.7 Å². The van der Waals surface area contributed by atoms with Crippen LogP contribution in [0.2, 0.25) is 0 Å². The fourth-order valence-corrected chi connectivity index (χ4v) is 2.99. The van der Waals surface area contributed by atoms with Gasteiger partial charge in [-0.2, -0.15) is 0 Å². The molecule has 0 aliphatic rings. The van der Waals surface area contributed by atoms with Crippen LogP contribution in [0, 0.1) is 6.92 Å². The number of hydrogen-bond donors (Lipinski definition) is 4. The molecule has 0 saturated carbocycles.